The molecule has 0 unspecified atom stereocenters. The van der Waals surface area contributed by atoms with E-state index >= 15 is 0 Å². The van der Waals surface area contributed by atoms with Gasteiger partial charge in [-0.25, -0.2) is 0 Å². The number of carbonyl (C=O) groups is 1. The van der Waals surface area contributed by atoms with Crippen molar-refractivity contribution in [1.82, 2.24) is 10.2 Å². The Kier molecular flexibility index (Phi) is 3.12. The summed E-state index contributed by atoms with van der Waals surface area (Å²) in [6, 6.07) is 11.8. The Balaban J connectivity index is 1.90. The molecule has 4 nitrogen and oxygen atoms in total. The van der Waals surface area contributed by atoms with Crippen LogP contribution in [0.5, 0.6) is 0 Å². The number of anilines is 1. The van der Waals surface area contributed by atoms with Crippen LogP contribution in [0.1, 0.15) is 9.67 Å². The first-order chi connectivity index (χ1) is 9.34. The lowest BCUT2D eigenvalue weighted by atomic mass is 10.1. The van der Waals surface area contributed by atoms with E-state index in [9.17, 15) is 4.79 Å². The van der Waals surface area contributed by atoms with Gasteiger partial charge in [-0.3, -0.25) is 9.89 Å². The van der Waals surface area contributed by atoms with Crippen LogP contribution in [-0.2, 0) is 0 Å². The maximum atomic E-state index is 12.2. The van der Waals surface area contributed by atoms with Crippen molar-refractivity contribution in [3.8, 4) is 11.1 Å². The summed E-state index contributed by atoms with van der Waals surface area (Å²) in [6.45, 7) is 0. The molecule has 0 aliphatic heterocycles. The van der Waals surface area contributed by atoms with Gasteiger partial charge in [0.15, 0.2) is 0 Å². The van der Waals surface area contributed by atoms with E-state index < -0.39 is 0 Å². The van der Waals surface area contributed by atoms with Crippen LogP contribution in [0.2, 0.25) is 0 Å². The van der Waals surface area contributed by atoms with Gasteiger partial charge in [0.1, 0.15) is 0 Å². The van der Waals surface area contributed by atoms with Gasteiger partial charge in [-0.15, -0.1) is 11.3 Å². The minimum atomic E-state index is -0.116. The molecule has 0 fully saturated rings. The van der Waals surface area contributed by atoms with Gasteiger partial charge < -0.3 is 5.32 Å². The molecule has 2 N–H and O–H groups in total. The highest BCUT2D eigenvalue weighted by Gasteiger charge is 2.14. The topological polar surface area (TPSA) is 57.8 Å². The lowest BCUT2D eigenvalue weighted by molar-refractivity contribution is 0.103. The van der Waals surface area contributed by atoms with Gasteiger partial charge in [0.25, 0.3) is 5.91 Å². The molecule has 19 heavy (non-hydrogen) atoms. The third-order valence-electron chi connectivity index (χ3n) is 2.71. The van der Waals surface area contributed by atoms with E-state index in [0.29, 0.717) is 10.6 Å². The number of hydrogen-bond acceptors (Lipinski definition) is 3. The summed E-state index contributed by atoms with van der Waals surface area (Å²) < 4.78 is 0. The van der Waals surface area contributed by atoms with Gasteiger partial charge in [-0.05, 0) is 17.0 Å². The highest BCUT2D eigenvalue weighted by molar-refractivity contribution is 7.12. The SMILES string of the molecule is O=C(Nc1cn[nH]c1)c1sccc1-c1ccccc1. The highest BCUT2D eigenvalue weighted by Crippen LogP contribution is 2.28. The Bertz CT molecular complexity index is 674. The standard InChI is InChI=1S/C14H11N3OS/c18-14(17-11-8-15-16-9-11)13-12(6-7-19-13)10-4-2-1-3-5-10/h1-9H,(H,15,16)(H,17,18). The summed E-state index contributed by atoms with van der Waals surface area (Å²) in [5.41, 5.74) is 2.66. The van der Waals surface area contributed by atoms with Crippen molar-refractivity contribution in [2.45, 2.75) is 0 Å². The lowest BCUT2D eigenvalue weighted by Gasteiger charge is -2.04. The number of aromatic amines is 1. The summed E-state index contributed by atoms with van der Waals surface area (Å²) >= 11 is 1.43. The van der Waals surface area contributed by atoms with E-state index in [1.807, 2.05) is 41.8 Å². The number of benzene rings is 1. The second-order valence-corrected chi connectivity index (χ2v) is 4.89. The van der Waals surface area contributed by atoms with Crippen LogP contribution < -0.4 is 5.32 Å². The number of rotatable bonds is 3. The molecule has 94 valence electrons. The molecular formula is C14H11N3OS. The van der Waals surface area contributed by atoms with Crippen molar-refractivity contribution in [2.75, 3.05) is 5.32 Å². The zero-order chi connectivity index (χ0) is 13.1. The Labute approximate surface area is 114 Å². The van der Waals surface area contributed by atoms with E-state index in [-0.39, 0.29) is 5.91 Å². The number of H-pyrrole nitrogens is 1. The number of carbonyl (C=O) groups excluding carboxylic acids is 1. The Hall–Kier alpha value is -2.40. The second kappa shape index (κ2) is 5.07. The Morgan fingerprint density at radius 1 is 1.21 bits per heavy atom. The molecule has 5 heteroatoms. The van der Waals surface area contributed by atoms with Gasteiger partial charge in [-0.2, -0.15) is 5.10 Å². The number of nitrogens with zero attached hydrogens (tertiary/aromatic N) is 1. The summed E-state index contributed by atoms with van der Waals surface area (Å²) in [5, 5.41) is 11.2. The fourth-order valence-corrected chi connectivity index (χ4v) is 2.65. The number of nitrogens with one attached hydrogen (secondary N) is 2. The quantitative estimate of drug-likeness (QED) is 0.765. The minimum absolute atomic E-state index is 0.116. The van der Waals surface area contributed by atoms with Gasteiger partial charge in [-0.1, -0.05) is 30.3 Å². The smallest absolute Gasteiger partial charge is 0.266 e. The maximum Gasteiger partial charge on any atom is 0.266 e. The normalized spacial score (nSPS) is 10.3. The molecule has 2 aromatic heterocycles. The number of hydrogen-bond donors (Lipinski definition) is 2. The van der Waals surface area contributed by atoms with Crippen LogP contribution in [0, 0.1) is 0 Å². The third kappa shape index (κ3) is 2.41. The van der Waals surface area contributed by atoms with Crippen LogP contribution in [0.15, 0.2) is 54.2 Å². The van der Waals surface area contributed by atoms with Crippen LogP contribution in [0.25, 0.3) is 11.1 Å². The van der Waals surface area contributed by atoms with Crippen molar-refractivity contribution in [3.63, 3.8) is 0 Å². The maximum absolute atomic E-state index is 12.2. The molecule has 1 amide bonds. The van der Waals surface area contributed by atoms with Gasteiger partial charge in [0.2, 0.25) is 0 Å². The Morgan fingerprint density at radius 3 is 2.79 bits per heavy atom. The first-order valence-electron chi connectivity index (χ1n) is 5.77. The average molecular weight is 269 g/mol. The lowest BCUT2D eigenvalue weighted by Crippen LogP contribution is -2.10. The second-order valence-electron chi connectivity index (χ2n) is 3.97. The largest absolute Gasteiger partial charge is 0.319 e. The first kappa shape index (κ1) is 11.7. The fraction of sp³-hybridized carbons (Fsp3) is 0. The monoisotopic (exact) mass is 269 g/mol. The molecular weight excluding hydrogens is 258 g/mol. The fourth-order valence-electron chi connectivity index (χ4n) is 1.84. The number of aromatic nitrogens is 2. The molecule has 0 aliphatic carbocycles. The third-order valence-corrected chi connectivity index (χ3v) is 3.63. The Morgan fingerprint density at radius 2 is 2.05 bits per heavy atom. The van der Waals surface area contributed by atoms with Gasteiger partial charge >= 0.3 is 0 Å². The van der Waals surface area contributed by atoms with E-state index in [1.54, 1.807) is 12.4 Å². The summed E-state index contributed by atoms with van der Waals surface area (Å²) in [6.07, 6.45) is 3.22. The first-order valence-corrected chi connectivity index (χ1v) is 6.65. The van der Waals surface area contributed by atoms with Crippen LogP contribution >= 0.6 is 11.3 Å². The van der Waals surface area contributed by atoms with Crippen molar-refractivity contribution in [2.24, 2.45) is 0 Å². The van der Waals surface area contributed by atoms with Crippen molar-refractivity contribution in [3.05, 3.63) is 59.0 Å². The predicted molar refractivity (Wildman–Crippen MR) is 76.3 cm³/mol. The summed E-state index contributed by atoms with van der Waals surface area (Å²) in [7, 11) is 0. The molecule has 3 rings (SSSR count). The molecule has 0 radical (unpaired) electrons. The summed E-state index contributed by atoms with van der Waals surface area (Å²) in [5.74, 6) is -0.116. The van der Waals surface area contributed by atoms with Crippen molar-refractivity contribution in [1.29, 1.82) is 0 Å². The zero-order valence-corrected chi connectivity index (χ0v) is 10.8. The minimum Gasteiger partial charge on any atom is -0.319 e. The molecule has 0 saturated carbocycles. The zero-order valence-electron chi connectivity index (χ0n) is 9.96. The molecule has 0 atom stereocenters. The van der Waals surface area contributed by atoms with Crippen LogP contribution in [0.3, 0.4) is 0 Å². The highest BCUT2D eigenvalue weighted by atomic mass is 32.1. The summed E-state index contributed by atoms with van der Waals surface area (Å²) in [4.78, 5) is 12.9. The van der Waals surface area contributed by atoms with E-state index in [2.05, 4.69) is 15.5 Å². The van der Waals surface area contributed by atoms with E-state index in [1.165, 1.54) is 11.3 Å². The van der Waals surface area contributed by atoms with Crippen LogP contribution in [0.4, 0.5) is 5.69 Å². The van der Waals surface area contributed by atoms with Crippen molar-refractivity contribution >= 4 is 22.9 Å². The molecule has 3 aromatic rings. The van der Waals surface area contributed by atoms with Crippen molar-refractivity contribution < 1.29 is 4.79 Å². The van der Waals surface area contributed by atoms with Gasteiger partial charge in [0, 0.05) is 11.8 Å². The molecule has 0 bridgehead atoms. The molecule has 0 spiro atoms. The van der Waals surface area contributed by atoms with E-state index in [0.717, 1.165) is 11.1 Å². The van der Waals surface area contributed by atoms with Gasteiger partial charge in [0.05, 0.1) is 16.8 Å². The molecule has 0 saturated heterocycles. The average Bonchev–Trinajstić information content (AvgIpc) is 3.10. The number of amides is 1. The molecule has 2 heterocycles. The van der Waals surface area contributed by atoms with Crippen LogP contribution in [-0.4, -0.2) is 16.1 Å². The predicted octanol–water partition coefficient (Wildman–Crippen LogP) is 3.39. The number of thiophene rings is 1. The van der Waals surface area contributed by atoms with E-state index in [4.69, 9.17) is 0 Å². The molecule has 1 aromatic carbocycles. The molecule has 0 aliphatic rings.